The number of amides is 3. The molecule has 0 aromatic heterocycles. The number of nitrogens with zero attached hydrogens (tertiary/aromatic N) is 1. The lowest BCUT2D eigenvalue weighted by atomic mass is 9.94. The van der Waals surface area contributed by atoms with Crippen molar-refractivity contribution < 1.29 is 19.2 Å². The summed E-state index contributed by atoms with van der Waals surface area (Å²) in [6.45, 7) is 12.3. The third-order valence-corrected chi connectivity index (χ3v) is 5.21. The van der Waals surface area contributed by atoms with Gasteiger partial charge in [0.1, 0.15) is 0 Å². The van der Waals surface area contributed by atoms with Gasteiger partial charge in [0.25, 0.3) is 0 Å². The number of ketones is 1. The molecule has 2 atom stereocenters. The topological polar surface area (TPSA) is 83.6 Å². The lowest BCUT2D eigenvalue weighted by molar-refractivity contribution is -0.139. The van der Waals surface area contributed by atoms with E-state index in [1.165, 1.54) is 4.90 Å². The number of hydrogen-bond donors (Lipinski definition) is 1. The normalized spacial score (nSPS) is 13.3. The van der Waals surface area contributed by atoms with Crippen molar-refractivity contribution in [1.82, 2.24) is 10.2 Å². The molecule has 0 saturated heterocycles. The van der Waals surface area contributed by atoms with Crippen molar-refractivity contribution in [2.75, 3.05) is 6.54 Å². The monoisotopic (exact) mass is 396 g/mol. The number of nitrogens with one attached hydrogen (secondary N) is 1. The van der Waals surface area contributed by atoms with Gasteiger partial charge in [-0.05, 0) is 37.0 Å². The fourth-order valence-corrected chi connectivity index (χ4v) is 2.88. The van der Waals surface area contributed by atoms with Crippen LogP contribution in [0.2, 0.25) is 0 Å². The zero-order chi connectivity index (χ0) is 21.7. The second-order valence-electron chi connectivity index (χ2n) is 8.43. The minimum atomic E-state index is -0.418. The summed E-state index contributed by atoms with van der Waals surface area (Å²) < 4.78 is 0. The second kappa shape index (κ2) is 14.3. The van der Waals surface area contributed by atoms with Crippen LogP contribution in [0.15, 0.2) is 0 Å². The highest BCUT2D eigenvalue weighted by Gasteiger charge is 2.23. The average molecular weight is 397 g/mol. The van der Waals surface area contributed by atoms with Gasteiger partial charge in [0, 0.05) is 25.8 Å². The molecule has 3 amide bonds. The maximum Gasteiger partial charge on any atom is 0.229 e. The quantitative estimate of drug-likeness (QED) is 0.338. The van der Waals surface area contributed by atoms with E-state index in [1.807, 2.05) is 27.7 Å². The van der Waals surface area contributed by atoms with Crippen LogP contribution in [0.5, 0.6) is 0 Å². The smallest absolute Gasteiger partial charge is 0.229 e. The van der Waals surface area contributed by atoms with Crippen LogP contribution in [0.3, 0.4) is 0 Å². The largest absolute Gasteiger partial charge is 0.346 e. The molecule has 0 aliphatic carbocycles. The van der Waals surface area contributed by atoms with Gasteiger partial charge in [-0.1, -0.05) is 48.0 Å². The van der Waals surface area contributed by atoms with E-state index in [0.717, 1.165) is 12.8 Å². The van der Waals surface area contributed by atoms with E-state index in [2.05, 4.69) is 19.2 Å². The minimum Gasteiger partial charge on any atom is -0.346 e. The third kappa shape index (κ3) is 10.6. The molecule has 6 nitrogen and oxygen atoms in total. The molecule has 6 heteroatoms. The summed E-state index contributed by atoms with van der Waals surface area (Å²) in [4.78, 5) is 48.8. The first-order chi connectivity index (χ1) is 13.1. The van der Waals surface area contributed by atoms with Crippen LogP contribution >= 0.6 is 0 Å². The Labute approximate surface area is 170 Å². The molecule has 162 valence electrons. The lowest BCUT2D eigenvalue weighted by Gasteiger charge is -2.21. The van der Waals surface area contributed by atoms with Gasteiger partial charge >= 0.3 is 0 Å². The first kappa shape index (κ1) is 26.3. The third-order valence-electron chi connectivity index (χ3n) is 5.21. The summed E-state index contributed by atoms with van der Waals surface area (Å²) in [6.07, 6.45) is 4.68. The molecule has 0 saturated carbocycles. The SMILES string of the molecule is CCCC(=O)C(NC(=O)CCCCCN(C=O)C(=O)CC(C)C(C)C)C(C)C. The van der Waals surface area contributed by atoms with Gasteiger partial charge in [-0.3, -0.25) is 24.1 Å². The van der Waals surface area contributed by atoms with E-state index in [4.69, 9.17) is 0 Å². The van der Waals surface area contributed by atoms with Crippen molar-refractivity contribution in [3.05, 3.63) is 0 Å². The number of rotatable bonds is 15. The van der Waals surface area contributed by atoms with Gasteiger partial charge in [-0.15, -0.1) is 0 Å². The zero-order valence-electron chi connectivity index (χ0n) is 18.6. The maximum absolute atomic E-state index is 12.2. The van der Waals surface area contributed by atoms with Gasteiger partial charge in [0.05, 0.1) is 6.04 Å². The van der Waals surface area contributed by atoms with E-state index >= 15 is 0 Å². The number of carbonyl (C=O) groups is 4. The van der Waals surface area contributed by atoms with Crippen molar-refractivity contribution >= 4 is 24.0 Å². The summed E-state index contributed by atoms with van der Waals surface area (Å²) in [7, 11) is 0. The first-order valence-electron chi connectivity index (χ1n) is 10.7. The van der Waals surface area contributed by atoms with Crippen molar-refractivity contribution in [2.45, 2.75) is 92.5 Å². The van der Waals surface area contributed by atoms with Gasteiger partial charge < -0.3 is 5.32 Å². The highest BCUT2D eigenvalue weighted by molar-refractivity contribution is 5.89. The Bertz CT molecular complexity index is 503. The Morgan fingerprint density at radius 1 is 0.929 bits per heavy atom. The minimum absolute atomic E-state index is 0.0726. The molecular formula is C22H40N2O4. The van der Waals surface area contributed by atoms with Gasteiger partial charge in [0.15, 0.2) is 5.78 Å². The number of unbranched alkanes of at least 4 members (excludes halogenated alkanes) is 2. The predicted octanol–water partition coefficient (Wildman–Crippen LogP) is 3.72. The molecule has 0 radical (unpaired) electrons. The van der Waals surface area contributed by atoms with Gasteiger partial charge in [0.2, 0.25) is 18.2 Å². The van der Waals surface area contributed by atoms with Crippen molar-refractivity contribution in [2.24, 2.45) is 17.8 Å². The van der Waals surface area contributed by atoms with Crippen LogP contribution in [0.4, 0.5) is 0 Å². The highest BCUT2D eigenvalue weighted by Crippen LogP contribution is 2.15. The first-order valence-corrected chi connectivity index (χ1v) is 10.7. The standard InChI is InChI=1S/C22H40N2O4/c1-7-11-19(26)22(17(4)5)23-20(27)12-9-8-10-13-24(15-25)21(28)14-18(6)16(2)3/h15-18,22H,7-14H2,1-6H3,(H,23,27). The number of hydrogen-bond acceptors (Lipinski definition) is 4. The van der Waals surface area contributed by atoms with Gasteiger partial charge in [-0.2, -0.15) is 0 Å². The Hall–Kier alpha value is -1.72. The molecule has 0 aliphatic rings. The molecule has 0 heterocycles. The van der Waals surface area contributed by atoms with Crippen LogP contribution in [-0.2, 0) is 19.2 Å². The molecule has 1 N–H and O–H groups in total. The van der Waals surface area contributed by atoms with Crippen molar-refractivity contribution in [1.29, 1.82) is 0 Å². The van der Waals surface area contributed by atoms with Crippen LogP contribution in [0.25, 0.3) is 0 Å². The van der Waals surface area contributed by atoms with Gasteiger partial charge in [-0.25, -0.2) is 0 Å². The molecule has 28 heavy (non-hydrogen) atoms. The molecule has 0 aliphatic heterocycles. The van der Waals surface area contributed by atoms with Crippen LogP contribution in [0, 0.1) is 17.8 Å². The summed E-state index contributed by atoms with van der Waals surface area (Å²) >= 11 is 0. The van der Waals surface area contributed by atoms with Crippen molar-refractivity contribution in [3.63, 3.8) is 0 Å². The Balaban J connectivity index is 4.22. The summed E-state index contributed by atoms with van der Waals surface area (Å²) in [5.41, 5.74) is 0. The number of carbonyl (C=O) groups excluding carboxylic acids is 4. The molecule has 2 unspecified atom stereocenters. The number of imide groups is 1. The molecular weight excluding hydrogens is 356 g/mol. The van der Waals surface area contributed by atoms with E-state index in [1.54, 1.807) is 0 Å². The summed E-state index contributed by atoms with van der Waals surface area (Å²) in [6, 6.07) is -0.418. The number of Topliss-reactive ketones (excluding diaryl/α,β-unsaturated/α-hetero) is 1. The van der Waals surface area contributed by atoms with E-state index in [9.17, 15) is 19.2 Å². The predicted molar refractivity (Wildman–Crippen MR) is 112 cm³/mol. The second-order valence-corrected chi connectivity index (χ2v) is 8.43. The zero-order valence-corrected chi connectivity index (χ0v) is 18.6. The highest BCUT2D eigenvalue weighted by atomic mass is 16.2. The van der Waals surface area contributed by atoms with Crippen LogP contribution in [0.1, 0.15) is 86.5 Å². The van der Waals surface area contributed by atoms with E-state index in [-0.39, 0.29) is 29.4 Å². The van der Waals surface area contributed by atoms with E-state index < -0.39 is 6.04 Å². The molecule has 0 aromatic carbocycles. The van der Waals surface area contributed by atoms with E-state index in [0.29, 0.717) is 51.0 Å². The molecule has 0 fully saturated rings. The summed E-state index contributed by atoms with van der Waals surface area (Å²) in [5, 5.41) is 2.85. The Morgan fingerprint density at radius 2 is 1.57 bits per heavy atom. The molecule has 0 spiro atoms. The van der Waals surface area contributed by atoms with Crippen LogP contribution < -0.4 is 5.32 Å². The molecule has 0 bridgehead atoms. The Kier molecular flexibility index (Phi) is 13.4. The van der Waals surface area contributed by atoms with Crippen LogP contribution in [-0.4, -0.2) is 41.5 Å². The lowest BCUT2D eigenvalue weighted by Crippen LogP contribution is -2.44. The average Bonchev–Trinajstić information content (AvgIpc) is 2.62. The summed E-state index contributed by atoms with van der Waals surface area (Å²) in [5.74, 6) is 0.545. The fourth-order valence-electron chi connectivity index (χ4n) is 2.88. The molecule has 0 rings (SSSR count). The molecule has 0 aromatic rings. The Morgan fingerprint density at radius 3 is 2.07 bits per heavy atom. The fraction of sp³-hybridized carbons (Fsp3) is 0.818. The maximum atomic E-state index is 12.2. The van der Waals surface area contributed by atoms with Crippen molar-refractivity contribution in [3.8, 4) is 0 Å².